The van der Waals surface area contributed by atoms with E-state index in [4.69, 9.17) is 0 Å². The van der Waals surface area contributed by atoms with Crippen molar-refractivity contribution in [1.82, 2.24) is 4.98 Å². The summed E-state index contributed by atoms with van der Waals surface area (Å²) in [4.78, 5) is 4.40. The number of pyridine rings is 2. The van der Waals surface area contributed by atoms with Crippen LogP contribution in [0, 0.1) is 6.92 Å². The molecule has 0 aliphatic rings. The molecule has 2 nitrogen and oxygen atoms in total. The Balaban J connectivity index is 1.87. The van der Waals surface area contributed by atoms with Crippen molar-refractivity contribution < 1.29 is 4.57 Å². The van der Waals surface area contributed by atoms with E-state index in [1.165, 1.54) is 33.3 Å². The van der Waals surface area contributed by atoms with Crippen LogP contribution in [0.1, 0.15) is 5.56 Å². The molecule has 0 amide bonds. The molecule has 0 atom stereocenters. The highest BCUT2D eigenvalue weighted by molar-refractivity contribution is 5.85. The second kappa shape index (κ2) is 5.89. The molecule has 0 aliphatic heterocycles. The molecule has 0 spiro atoms. The molecular weight excluding hydrogens is 292 g/mol. The van der Waals surface area contributed by atoms with Gasteiger partial charge in [-0.1, -0.05) is 24.3 Å². The first kappa shape index (κ1) is 14.6. The quantitative estimate of drug-likeness (QED) is 0.490. The van der Waals surface area contributed by atoms with Gasteiger partial charge in [-0.2, -0.15) is 0 Å². The number of benzene rings is 2. The second-order valence-corrected chi connectivity index (χ2v) is 6.14. The van der Waals surface area contributed by atoms with Crippen LogP contribution in [0.3, 0.4) is 0 Å². The first-order chi connectivity index (χ1) is 11.7. The average molecular weight is 311 g/mol. The Kier molecular flexibility index (Phi) is 3.58. The Morgan fingerprint density at radius 3 is 2.54 bits per heavy atom. The monoisotopic (exact) mass is 311 g/mol. The topological polar surface area (TPSA) is 16.8 Å². The van der Waals surface area contributed by atoms with Gasteiger partial charge in [0.25, 0.3) is 0 Å². The number of fused-ring (bicyclic) bond motifs is 1. The summed E-state index contributed by atoms with van der Waals surface area (Å²) < 4.78 is 2.16. The third kappa shape index (κ3) is 2.56. The van der Waals surface area contributed by atoms with E-state index in [-0.39, 0.29) is 0 Å². The summed E-state index contributed by atoms with van der Waals surface area (Å²) in [6.07, 6.45) is 3.92. The van der Waals surface area contributed by atoms with Crippen molar-refractivity contribution >= 4 is 10.9 Å². The Morgan fingerprint density at radius 1 is 0.833 bits per heavy atom. The highest BCUT2D eigenvalue weighted by Gasteiger charge is 2.12. The zero-order valence-corrected chi connectivity index (χ0v) is 13.9. The van der Waals surface area contributed by atoms with Crippen LogP contribution in [-0.2, 0) is 7.05 Å². The van der Waals surface area contributed by atoms with E-state index in [0.717, 1.165) is 5.52 Å². The summed E-state index contributed by atoms with van der Waals surface area (Å²) in [6.45, 7) is 2.16. The van der Waals surface area contributed by atoms with Crippen molar-refractivity contribution in [2.24, 2.45) is 7.05 Å². The summed E-state index contributed by atoms with van der Waals surface area (Å²) in [7, 11) is 2.09. The van der Waals surface area contributed by atoms with Gasteiger partial charge in [0, 0.05) is 29.3 Å². The smallest absolute Gasteiger partial charge is 0.212 e. The summed E-state index contributed by atoms with van der Waals surface area (Å²) in [5.74, 6) is 0. The van der Waals surface area contributed by atoms with E-state index in [2.05, 4.69) is 90.4 Å². The summed E-state index contributed by atoms with van der Waals surface area (Å²) in [6, 6.07) is 23.5. The molecular formula is C22H19N2+. The number of nitrogens with zero attached hydrogens (tertiary/aromatic N) is 2. The van der Waals surface area contributed by atoms with Crippen molar-refractivity contribution in [3.63, 3.8) is 0 Å². The molecule has 2 heterocycles. The van der Waals surface area contributed by atoms with Gasteiger partial charge in [-0.05, 0) is 53.9 Å². The lowest BCUT2D eigenvalue weighted by molar-refractivity contribution is -0.660. The second-order valence-electron chi connectivity index (χ2n) is 6.14. The van der Waals surface area contributed by atoms with Crippen LogP contribution in [0.25, 0.3) is 33.3 Å². The predicted molar refractivity (Wildman–Crippen MR) is 98.5 cm³/mol. The molecule has 2 aromatic heterocycles. The Hall–Kier alpha value is -3.00. The van der Waals surface area contributed by atoms with Gasteiger partial charge in [0.15, 0.2) is 6.20 Å². The number of aryl methyl sites for hydroxylation is 2. The molecule has 0 radical (unpaired) electrons. The molecule has 116 valence electrons. The first-order valence-corrected chi connectivity index (χ1v) is 8.13. The van der Waals surface area contributed by atoms with Crippen molar-refractivity contribution in [3.8, 4) is 22.4 Å². The van der Waals surface area contributed by atoms with Gasteiger partial charge >= 0.3 is 0 Å². The van der Waals surface area contributed by atoms with Gasteiger partial charge in [-0.25, -0.2) is 4.57 Å². The minimum absolute atomic E-state index is 1.03. The van der Waals surface area contributed by atoms with Gasteiger partial charge < -0.3 is 0 Å². The Labute approximate surface area is 142 Å². The Morgan fingerprint density at radius 2 is 1.67 bits per heavy atom. The maximum atomic E-state index is 4.40. The fraction of sp³-hybridized carbons (Fsp3) is 0.0909. The third-order valence-electron chi connectivity index (χ3n) is 4.50. The van der Waals surface area contributed by atoms with Gasteiger partial charge in [0.2, 0.25) is 5.69 Å². The standard InChI is InChI=1S/C22H19N2/c1-16-8-9-18(15-20(16)22-7-3-4-13-24(22)2)17-10-11-21-19(14-17)6-5-12-23-21/h3-15H,1-2H3/q+1. The van der Waals surface area contributed by atoms with E-state index in [1.807, 2.05) is 12.3 Å². The van der Waals surface area contributed by atoms with Crippen LogP contribution in [0.4, 0.5) is 0 Å². The van der Waals surface area contributed by atoms with Crippen LogP contribution < -0.4 is 4.57 Å². The molecule has 2 aromatic carbocycles. The van der Waals surface area contributed by atoms with E-state index < -0.39 is 0 Å². The molecule has 0 bridgehead atoms. The van der Waals surface area contributed by atoms with E-state index in [1.54, 1.807) is 0 Å². The lowest BCUT2D eigenvalue weighted by atomic mass is 9.96. The van der Waals surface area contributed by atoms with Crippen LogP contribution in [0.2, 0.25) is 0 Å². The van der Waals surface area contributed by atoms with Gasteiger partial charge in [0.1, 0.15) is 7.05 Å². The van der Waals surface area contributed by atoms with Crippen molar-refractivity contribution in [2.45, 2.75) is 6.92 Å². The molecule has 4 aromatic rings. The average Bonchev–Trinajstić information content (AvgIpc) is 2.62. The number of hydrogen-bond acceptors (Lipinski definition) is 1. The van der Waals surface area contributed by atoms with Crippen LogP contribution in [0.15, 0.2) is 79.1 Å². The van der Waals surface area contributed by atoms with Crippen molar-refractivity contribution in [3.05, 3.63) is 84.7 Å². The summed E-state index contributed by atoms with van der Waals surface area (Å²) in [5.41, 5.74) is 7.24. The molecule has 24 heavy (non-hydrogen) atoms. The number of aromatic nitrogens is 2. The SMILES string of the molecule is Cc1ccc(-c2ccc3ncccc3c2)cc1-c1cccc[n+]1C. The van der Waals surface area contributed by atoms with Crippen LogP contribution in [0.5, 0.6) is 0 Å². The zero-order chi connectivity index (χ0) is 16.5. The molecule has 4 rings (SSSR count). The fourth-order valence-electron chi connectivity index (χ4n) is 3.14. The summed E-state index contributed by atoms with van der Waals surface area (Å²) >= 11 is 0. The van der Waals surface area contributed by atoms with Crippen LogP contribution in [-0.4, -0.2) is 4.98 Å². The molecule has 0 saturated carbocycles. The van der Waals surface area contributed by atoms with E-state index in [0.29, 0.717) is 0 Å². The molecule has 0 fully saturated rings. The largest absolute Gasteiger partial charge is 0.256 e. The molecule has 0 N–H and O–H groups in total. The lowest BCUT2D eigenvalue weighted by Gasteiger charge is -2.09. The molecule has 0 aliphatic carbocycles. The fourth-order valence-corrected chi connectivity index (χ4v) is 3.14. The molecule has 0 unspecified atom stereocenters. The predicted octanol–water partition coefficient (Wildman–Crippen LogP) is 4.70. The Bertz CT molecular complexity index is 1030. The number of hydrogen-bond donors (Lipinski definition) is 0. The minimum Gasteiger partial charge on any atom is -0.256 e. The van der Waals surface area contributed by atoms with E-state index >= 15 is 0 Å². The maximum absolute atomic E-state index is 4.40. The highest BCUT2D eigenvalue weighted by atomic mass is 14.9. The van der Waals surface area contributed by atoms with Gasteiger partial charge in [0.05, 0.1) is 5.52 Å². The highest BCUT2D eigenvalue weighted by Crippen LogP contribution is 2.29. The summed E-state index contributed by atoms with van der Waals surface area (Å²) in [5, 5.41) is 1.17. The first-order valence-electron chi connectivity index (χ1n) is 8.13. The van der Waals surface area contributed by atoms with Crippen molar-refractivity contribution in [1.29, 1.82) is 0 Å². The van der Waals surface area contributed by atoms with Gasteiger partial charge in [-0.15, -0.1) is 0 Å². The molecule has 0 saturated heterocycles. The van der Waals surface area contributed by atoms with Gasteiger partial charge in [-0.3, -0.25) is 4.98 Å². The zero-order valence-electron chi connectivity index (χ0n) is 13.9. The minimum atomic E-state index is 1.03. The van der Waals surface area contributed by atoms with Crippen LogP contribution >= 0.6 is 0 Å². The third-order valence-corrected chi connectivity index (χ3v) is 4.50. The molecule has 2 heteroatoms. The normalized spacial score (nSPS) is 10.9. The maximum Gasteiger partial charge on any atom is 0.212 e. The lowest BCUT2D eigenvalue weighted by Crippen LogP contribution is -2.30. The van der Waals surface area contributed by atoms with E-state index in [9.17, 15) is 0 Å². The number of rotatable bonds is 2. The van der Waals surface area contributed by atoms with Crippen molar-refractivity contribution in [2.75, 3.05) is 0 Å².